The normalized spacial score (nSPS) is 22.0. The highest BCUT2D eigenvalue weighted by atomic mass is 14.3. The van der Waals surface area contributed by atoms with E-state index in [1.54, 1.807) is 0 Å². The Balaban J connectivity index is 1.90. The highest BCUT2D eigenvalue weighted by Crippen LogP contribution is 2.34. The van der Waals surface area contributed by atoms with Crippen LogP contribution in [-0.2, 0) is 0 Å². The Kier molecular flexibility index (Phi) is 2.56. The molecule has 0 spiro atoms. The predicted molar refractivity (Wildman–Crippen MR) is 41.1 cm³/mol. The summed E-state index contributed by atoms with van der Waals surface area (Å²) >= 11 is 0. The molecular weight excluding hydrogens is 108 g/mol. The van der Waals surface area contributed by atoms with E-state index in [9.17, 15) is 0 Å². The van der Waals surface area contributed by atoms with Crippen molar-refractivity contribution in [3.05, 3.63) is 6.92 Å². The van der Waals surface area contributed by atoms with Crippen molar-refractivity contribution in [2.75, 3.05) is 0 Å². The Bertz CT molecular complexity index is 72.1. The Morgan fingerprint density at radius 3 is 2.67 bits per heavy atom. The quantitative estimate of drug-likeness (QED) is 0.541. The van der Waals surface area contributed by atoms with Crippen molar-refractivity contribution in [1.82, 2.24) is 0 Å². The summed E-state index contributed by atoms with van der Waals surface area (Å²) in [6.45, 7) is 6.28. The van der Waals surface area contributed by atoms with Gasteiger partial charge in [0.1, 0.15) is 0 Å². The third kappa shape index (κ3) is 2.88. The Morgan fingerprint density at radius 2 is 2.22 bits per heavy atom. The molecule has 9 heavy (non-hydrogen) atoms. The summed E-state index contributed by atoms with van der Waals surface area (Å²) in [4.78, 5) is 0. The number of hydrogen-bond acceptors (Lipinski definition) is 0. The standard InChI is InChI=1S/C9H17/c1-3-8(2)4-5-9-6-7-9/h8-9H,2-7H2,1H3. The molecule has 53 valence electrons. The van der Waals surface area contributed by atoms with Crippen molar-refractivity contribution >= 4 is 0 Å². The molecule has 0 aromatic rings. The molecule has 1 radical (unpaired) electrons. The van der Waals surface area contributed by atoms with Crippen molar-refractivity contribution < 1.29 is 0 Å². The fourth-order valence-electron chi connectivity index (χ4n) is 1.08. The monoisotopic (exact) mass is 125 g/mol. The van der Waals surface area contributed by atoms with Gasteiger partial charge in [0, 0.05) is 0 Å². The molecule has 1 unspecified atom stereocenters. The van der Waals surface area contributed by atoms with Crippen LogP contribution < -0.4 is 0 Å². The third-order valence-corrected chi connectivity index (χ3v) is 2.26. The van der Waals surface area contributed by atoms with E-state index in [1.807, 2.05) is 0 Å². The SMILES string of the molecule is [CH2]C(CC)CCC1CC1. The van der Waals surface area contributed by atoms with Crippen LogP contribution in [0.25, 0.3) is 0 Å². The van der Waals surface area contributed by atoms with E-state index in [-0.39, 0.29) is 0 Å². The first-order valence-corrected chi connectivity index (χ1v) is 4.16. The molecule has 0 aromatic carbocycles. The number of hydrogen-bond donors (Lipinski definition) is 0. The van der Waals surface area contributed by atoms with Gasteiger partial charge in [0.05, 0.1) is 0 Å². The molecule has 0 aliphatic heterocycles. The molecule has 0 saturated heterocycles. The fraction of sp³-hybridized carbons (Fsp3) is 0.889. The second-order valence-corrected chi connectivity index (χ2v) is 3.29. The molecular formula is C9H17. The maximum Gasteiger partial charge on any atom is -0.0414 e. The van der Waals surface area contributed by atoms with Gasteiger partial charge in [0.15, 0.2) is 0 Å². The molecule has 0 aromatic heterocycles. The van der Waals surface area contributed by atoms with E-state index in [0.717, 1.165) is 11.8 Å². The van der Waals surface area contributed by atoms with Crippen molar-refractivity contribution in [1.29, 1.82) is 0 Å². The lowest BCUT2D eigenvalue weighted by molar-refractivity contribution is 0.517. The highest BCUT2D eigenvalue weighted by molar-refractivity contribution is 4.74. The molecule has 0 N–H and O–H groups in total. The van der Waals surface area contributed by atoms with Crippen LogP contribution in [0.3, 0.4) is 0 Å². The number of rotatable bonds is 4. The van der Waals surface area contributed by atoms with Gasteiger partial charge in [-0.2, -0.15) is 0 Å². The van der Waals surface area contributed by atoms with Crippen molar-refractivity contribution in [3.63, 3.8) is 0 Å². The molecule has 0 nitrogen and oxygen atoms in total. The minimum Gasteiger partial charge on any atom is -0.0651 e. The first-order valence-electron chi connectivity index (χ1n) is 4.16. The molecule has 1 atom stereocenters. The fourth-order valence-corrected chi connectivity index (χ4v) is 1.08. The lowest BCUT2D eigenvalue weighted by Crippen LogP contribution is -1.92. The Hall–Kier alpha value is 0. The second kappa shape index (κ2) is 3.24. The van der Waals surface area contributed by atoms with E-state index in [0.29, 0.717) is 0 Å². The van der Waals surface area contributed by atoms with E-state index in [4.69, 9.17) is 0 Å². The maximum absolute atomic E-state index is 4.06. The predicted octanol–water partition coefficient (Wildman–Crippen LogP) is 3.04. The molecule has 0 bridgehead atoms. The van der Waals surface area contributed by atoms with Crippen molar-refractivity contribution in [3.8, 4) is 0 Å². The van der Waals surface area contributed by atoms with Crippen LogP contribution in [0.4, 0.5) is 0 Å². The summed E-state index contributed by atoms with van der Waals surface area (Å²) in [6.07, 6.45) is 7.06. The largest absolute Gasteiger partial charge is 0.0651 e. The second-order valence-electron chi connectivity index (χ2n) is 3.29. The van der Waals surface area contributed by atoms with E-state index < -0.39 is 0 Å². The van der Waals surface area contributed by atoms with Gasteiger partial charge in [-0.15, -0.1) is 0 Å². The van der Waals surface area contributed by atoms with Crippen molar-refractivity contribution in [2.45, 2.75) is 39.0 Å². The van der Waals surface area contributed by atoms with Gasteiger partial charge in [-0.1, -0.05) is 46.0 Å². The molecule has 1 rings (SSSR count). The zero-order valence-electron chi connectivity index (χ0n) is 6.40. The van der Waals surface area contributed by atoms with Crippen LogP contribution in [0.2, 0.25) is 0 Å². The molecule has 0 heterocycles. The van der Waals surface area contributed by atoms with E-state index in [1.165, 1.54) is 32.1 Å². The third-order valence-electron chi connectivity index (χ3n) is 2.26. The molecule has 1 saturated carbocycles. The van der Waals surface area contributed by atoms with Gasteiger partial charge >= 0.3 is 0 Å². The Labute approximate surface area is 58.7 Å². The summed E-state index contributed by atoms with van der Waals surface area (Å²) < 4.78 is 0. The van der Waals surface area contributed by atoms with E-state index in [2.05, 4.69) is 13.8 Å². The zero-order chi connectivity index (χ0) is 6.69. The van der Waals surface area contributed by atoms with Crippen molar-refractivity contribution in [2.24, 2.45) is 11.8 Å². The first kappa shape index (κ1) is 7.11. The molecule has 1 fully saturated rings. The summed E-state index contributed by atoms with van der Waals surface area (Å²) in [6, 6.07) is 0. The smallest absolute Gasteiger partial charge is 0.0414 e. The van der Waals surface area contributed by atoms with Crippen LogP contribution in [0.15, 0.2) is 0 Å². The van der Waals surface area contributed by atoms with Crippen LogP contribution in [0, 0.1) is 18.8 Å². The van der Waals surface area contributed by atoms with Crippen LogP contribution in [-0.4, -0.2) is 0 Å². The average molecular weight is 125 g/mol. The molecule has 1 aliphatic rings. The zero-order valence-corrected chi connectivity index (χ0v) is 6.40. The van der Waals surface area contributed by atoms with Gasteiger partial charge in [-0.25, -0.2) is 0 Å². The molecule has 1 aliphatic carbocycles. The van der Waals surface area contributed by atoms with Crippen LogP contribution >= 0.6 is 0 Å². The first-order chi connectivity index (χ1) is 4.33. The average Bonchev–Trinajstić information content (AvgIpc) is 2.65. The lowest BCUT2D eigenvalue weighted by Gasteiger charge is -2.05. The lowest BCUT2D eigenvalue weighted by atomic mass is 10.0. The summed E-state index contributed by atoms with van der Waals surface area (Å²) in [5.41, 5.74) is 0. The topological polar surface area (TPSA) is 0 Å². The van der Waals surface area contributed by atoms with Gasteiger partial charge in [-0.3, -0.25) is 0 Å². The molecule has 0 heteroatoms. The van der Waals surface area contributed by atoms with E-state index >= 15 is 0 Å². The van der Waals surface area contributed by atoms with Gasteiger partial charge < -0.3 is 0 Å². The van der Waals surface area contributed by atoms with Gasteiger partial charge in [0.2, 0.25) is 0 Å². The van der Waals surface area contributed by atoms with Gasteiger partial charge in [-0.05, 0) is 11.8 Å². The summed E-state index contributed by atoms with van der Waals surface area (Å²) in [5.74, 6) is 1.83. The summed E-state index contributed by atoms with van der Waals surface area (Å²) in [5, 5.41) is 0. The highest BCUT2D eigenvalue weighted by Gasteiger charge is 2.20. The van der Waals surface area contributed by atoms with Gasteiger partial charge in [0.25, 0.3) is 0 Å². The Morgan fingerprint density at radius 1 is 1.56 bits per heavy atom. The maximum atomic E-state index is 4.06. The summed E-state index contributed by atoms with van der Waals surface area (Å²) in [7, 11) is 0. The van der Waals surface area contributed by atoms with Crippen LogP contribution in [0.5, 0.6) is 0 Å². The van der Waals surface area contributed by atoms with Crippen LogP contribution in [0.1, 0.15) is 39.0 Å². The minimum atomic E-state index is 0.727. The molecule has 0 amide bonds. The minimum absolute atomic E-state index is 0.727.